The molecule has 1 atom stereocenters. The van der Waals surface area contributed by atoms with Gasteiger partial charge in [-0.15, -0.1) is 0 Å². The molecule has 1 unspecified atom stereocenters. The lowest BCUT2D eigenvalue weighted by molar-refractivity contribution is -0.124. The Morgan fingerprint density at radius 2 is 2.40 bits per heavy atom. The molecule has 0 aliphatic heterocycles. The molecule has 1 heterocycles. The summed E-state index contributed by atoms with van der Waals surface area (Å²) in [5.74, 6) is 0.0370. The van der Waals surface area contributed by atoms with E-state index >= 15 is 0 Å². The SMILES string of the molecule is CCCNC(=O)C(CC)n1cc(Br)cn1. The van der Waals surface area contributed by atoms with E-state index in [0.717, 1.165) is 23.9 Å². The maximum atomic E-state index is 11.8. The van der Waals surface area contributed by atoms with E-state index < -0.39 is 0 Å². The predicted molar refractivity (Wildman–Crippen MR) is 62.6 cm³/mol. The number of amides is 1. The summed E-state index contributed by atoms with van der Waals surface area (Å²) in [6, 6.07) is -0.206. The van der Waals surface area contributed by atoms with Crippen LogP contribution in [0.25, 0.3) is 0 Å². The highest BCUT2D eigenvalue weighted by Crippen LogP contribution is 2.14. The summed E-state index contributed by atoms with van der Waals surface area (Å²) in [5, 5.41) is 7.00. The molecule has 15 heavy (non-hydrogen) atoms. The monoisotopic (exact) mass is 273 g/mol. The second kappa shape index (κ2) is 5.90. The number of aromatic nitrogens is 2. The Morgan fingerprint density at radius 3 is 2.87 bits per heavy atom. The Kier molecular flexibility index (Phi) is 4.81. The molecular formula is C10H16BrN3O. The van der Waals surface area contributed by atoms with Crippen LogP contribution in [0.4, 0.5) is 0 Å². The van der Waals surface area contributed by atoms with Gasteiger partial charge in [0.15, 0.2) is 0 Å². The molecule has 1 aromatic heterocycles. The van der Waals surface area contributed by atoms with Gasteiger partial charge in [-0.05, 0) is 28.8 Å². The van der Waals surface area contributed by atoms with Gasteiger partial charge in [-0.1, -0.05) is 13.8 Å². The van der Waals surface area contributed by atoms with E-state index in [-0.39, 0.29) is 11.9 Å². The third-order valence-electron chi connectivity index (χ3n) is 2.13. The summed E-state index contributed by atoms with van der Waals surface area (Å²) in [6.45, 7) is 4.73. The molecule has 4 nitrogen and oxygen atoms in total. The zero-order valence-corrected chi connectivity index (χ0v) is 10.6. The smallest absolute Gasteiger partial charge is 0.244 e. The minimum atomic E-state index is -0.206. The maximum absolute atomic E-state index is 11.8. The van der Waals surface area contributed by atoms with Crippen LogP contribution in [0.5, 0.6) is 0 Å². The zero-order valence-electron chi connectivity index (χ0n) is 9.03. The molecule has 0 saturated carbocycles. The topological polar surface area (TPSA) is 46.9 Å². The molecule has 5 heteroatoms. The summed E-state index contributed by atoms with van der Waals surface area (Å²) < 4.78 is 2.58. The van der Waals surface area contributed by atoms with Crippen LogP contribution in [0.2, 0.25) is 0 Å². The highest BCUT2D eigenvalue weighted by molar-refractivity contribution is 9.10. The fourth-order valence-electron chi connectivity index (χ4n) is 1.34. The third-order valence-corrected chi connectivity index (χ3v) is 2.54. The minimum absolute atomic E-state index is 0.0370. The van der Waals surface area contributed by atoms with Crippen molar-refractivity contribution >= 4 is 21.8 Å². The number of nitrogens with zero attached hydrogens (tertiary/aromatic N) is 2. The molecule has 0 aliphatic carbocycles. The number of carbonyl (C=O) groups is 1. The van der Waals surface area contributed by atoms with Gasteiger partial charge in [0, 0.05) is 12.7 Å². The van der Waals surface area contributed by atoms with Crippen LogP contribution in [0.3, 0.4) is 0 Å². The van der Waals surface area contributed by atoms with Crippen molar-refractivity contribution in [1.82, 2.24) is 15.1 Å². The van der Waals surface area contributed by atoms with Crippen molar-refractivity contribution in [2.45, 2.75) is 32.7 Å². The molecule has 0 fully saturated rings. The average Bonchev–Trinajstić information content (AvgIpc) is 2.63. The van der Waals surface area contributed by atoms with Crippen molar-refractivity contribution in [2.24, 2.45) is 0 Å². The fraction of sp³-hybridized carbons (Fsp3) is 0.600. The van der Waals surface area contributed by atoms with Gasteiger partial charge in [0.25, 0.3) is 0 Å². The van der Waals surface area contributed by atoms with Gasteiger partial charge in [-0.3, -0.25) is 9.48 Å². The van der Waals surface area contributed by atoms with E-state index in [1.54, 1.807) is 10.9 Å². The van der Waals surface area contributed by atoms with Crippen molar-refractivity contribution in [2.75, 3.05) is 6.54 Å². The highest BCUT2D eigenvalue weighted by atomic mass is 79.9. The van der Waals surface area contributed by atoms with Gasteiger partial charge in [0.2, 0.25) is 5.91 Å². The molecule has 1 N–H and O–H groups in total. The van der Waals surface area contributed by atoms with Gasteiger partial charge in [0.05, 0.1) is 10.7 Å². The Bertz CT molecular complexity index is 324. The molecular weight excluding hydrogens is 258 g/mol. The summed E-state index contributed by atoms with van der Waals surface area (Å²) in [5.41, 5.74) is 0. The minimum Gasteiger partial charge on any atom is -0.354 e. The maximum Gasteiger partial charge on any atom is 0.244 e. The van der Waals surface area contributed by atoms with Crippen molar-refractivity contribution < 1.29 is 4.79 Å². The average molecular weight is 274 g/mol. The fourth-order valence-corrected chi connectivity index (χ4v) is 1.65. The Labute approximate surface area is 98.2 Å². The van der Waals surface area contributed by atoms with Crippen molar-refractivity contribution in [3.05, 3.63) is 16.9 Å². The molecule has 0 aromatic carbocycles. The van der Waals surface area contributed by atoms with E-state index in [4.69, 9.17) is 0 Å². The molecule has 1 aromatic rings. The first-order chi connectivity index (χ1) is 7.19. The second-order valence-electron chi connectivity index (χ2n) is 3.35. The molecule has 0 saturated heterocycles. The molecule has 0 aliphatic rings. The third kappa shape index (κ3) is 3.34. The van der Waals surface area contributed by atoms with Crippen LogP contribution < -0.4 is 5.32 Å². The van der Waals surface area contributed by atoms with Crippen LogP contribution in [-0.4, -0.2) is 22.2 Å². The number of hydrogen-bond acceptors (Lipinski definition) is 2. The molecule has 84 valence electrons. The first kappa shape index (κ1) is 12.2. The molecule has 0 radical (unpaired) electrons. The number of carbonyl (C=O) groups excluding carboxylic acids is 1. The lowest BCUT2D eigenvalue weighted by atomic mass is 10.2. The van der Waals surface area contributed by atoms with Crippen molar-refractivity contribution in [3.8, 4) is 0 Å². The zero-order chi connectivity index (χ0) is 11.3. The van der Waals surface area contributed by atoms with E-state index in [1.165, 1.54) is 0 Å². The second-order valence-corrected chi connectivity index (χ2v) is 4.27. The number of rotatable bonds is 5. The number of hydrogen-bond donors (Lipinski definition) is 1. The summed E-state index contributed by atoms with van der Waals surface area (Å²) >= 11 is 3.32. The molecule has 1 rings (SSSR count). The molecule has 0 spiro atoms. The summed E-state index contributed by atoms with van der Waals surface area (Å²) in [6.07, 6.45) is 5.20. The standard InChI is InChI=1S/C10H16BrN3O/c1-3-5-12-10(15)9(4-2)14-7-8(11)6-13-14/h6-7,9H,3-5H2,1-2H3,(H,12,15). The summed E-state index contributed by atoms with van der Waals surface area (Å²) in [7, 11) is 0. The van der Waals surface area contributed by atoms with E-state index in [9.17, 15) is 4.79 Å². The number of halogens is 1. The van der Waals surface area contributed by atoms with E-state index in [0.29, 0.717) is 0 Å². The Balaban J connectivity index is 2.66. The first-order valence-electron chi connectivity index (χ1n) is 5.16. The van der Waals surface area contributed by atoms with Crippen LogP contribution in [0.1, 0.15) is 32.7 Å². The molecule has 0 bridgehead atoms. The summed E-state index contributed by atoms with van der Waals surface area (Å²) in [4.78, 5) is 11.8. The Hall–Kier alpha value is -0.840. The lowest BCUT2D eigenvalue weighted by Gasteiger charge is -2.14. The van der Waals surface area contributed by atoms with Crippen LogP contribution >= 0.6 is 15.9 Å². The van der Waals surface area contributed by atoms with Gasteiger partial charge in [-0.25, -0.2) is 0 Å². The van der Waals surface area contributed by atoms with Crippen molar-refractivity contribution in [1.29, 1.82) is 0 Å². The van der Waals surface area contributed by atoms with E-state index in [2.05, 4.69) is 26.3 Å². The van der Waals surface area contributed by atoms with Gasteiger partial charge >= 0.3 is 0 Å². The Morgan fingerprint density at radius 1 is 1.67 bits per heavy atom. The molecule has 1 amide bonds. The van der Waals surface area contributed by atoms with Gasteiger partial charge in [0.1, 0.15) is 6.04 Å². The van der Waals surface area contributed by atoms with Gasteiger partial charge in [-0.2, -0.15) is 5.10 Å². The largest absolute Gasteiger partial charge is 0.354 e. The number of nitrogens with one attached hydrogen (secondary N) is 1. The van der Waals surface area contributed by atoms with E-state index in [1.807, 2.05) is 20.0 Å². The normalized spacial score (nSPS) is 12.5. The van der Waals surface area contributed by atoms with Gasteiger partial charge < -0.3 is 5.32 Å². The highest BCUT2D eigenvalue weighted by Gasteiger charge is 2.18. The first-order valence-corrected chi connectivity index (χ1v) is 5.95. The van der Waals surface area contributed by atoms with Crippen LogP contribution in [-0.2, 0) is 4.79 Å². The predicted octanol–water partition coefficient (Wildman–Crippen LogP) is 2.12. The van der Waals surface area contributed by atoms with Crippen molar-refractivity contribution in [3.63, 3.8) is 0 Å². The van der Waals surface area contributed by atoms with Crippen LogP contribution in [0.15, 0.2) is 16.9 Å². The van der Waals surface area contributed by atoms with Crippen LogP contribution in [0, 0.1) is 0 Å². The quantitative estimate of drug-likeness (QED) is 0.894. The lowest BCUT2D eigenvalue weighted by Crippen LogP contribution is -2.33.